The third-order valence-corrected chi connectivity index (χ3v) is 3.32. The lowest BCUT2D eigenvalue weighted by Crippen LogP contribution is -2.14. The highest BCUT2D eigenvalue weighted by molar-refractivity contribution is 5.78. The molecule has 1 heterocycles. The molecule has 3 aromatic rings. The molecule has 0 amide bonds. The van der Waals surface area contributed by atoms with Crippen LogP contribution in [-0.2, 0) is 6.18 Å². The molecule has 1 aromatic heterocycles. The van der Waals surface area contributed by atoms with Crippen LogP contribution >= 0.6 is 0 Å². The Morgan fingerprint density at radius 2 is 1.91 bits per heavy atom. The molecule has 0 aliphatic heterocycles. The number of hydrogen-bond donors (Lipinski definition) is 1. The Bertz CT molecular complexity index is 894. The van der Waals surface area contributed by atoms with Crippen LogP contribution in [0.15, 0.2) is 47.3 Å². The molecule has 0 bridgehead atoms. The molecule has 3 rings (SSSR count). The number of halogens is 3. The fourth-order valence-corrected chi connectivity index (χ4v) is 2.29. The van der Waals surface area contributed by atoms with Crippen LogP contribution in [-0.4, -0.2) is 16.7 Å². The van der Waals surface area contributed by atoms with Gasteiger partial charge >= 0.3 is 11.9 Å². The van der Waals surface area contributed by atoms with E-state index in [0.29, 0.717) is 17.0 Å². The first-order chi connectivity index (χ1) is 10.4. The lowest BCUT2D eigenvalue weighted by Gasteiger charge is -2.09. The fourth-order valence-electron chi connectivity index (χ4n) is 2.29. The van der Waals surface area contributed by atoms with Crippen molar-refractivity contribution in [2.45, 2.75) is 6.18 Å². The van der Waals surface area contributed by atoms with Crippen molar-refractivity contribution in [3.8, 4) is 11.4 Å². The Labute approximate surface area is 122 Å². The van der Waals surface area contributed by atoms with Crippen LogP contribution in [0.3, 0.4) is 0 Å². The summed E-state index contributed by atoms with van der Waals surface area (Å²) >= 11 is 0. The largest absolute Gasteiger partial charge is 0.497 e. The Kier molecular flexibility index (Phi) is 3.20. The van der Waals surface area contributed by atoms with Gasteiger partial charge in [-0.25, -0.2) is 4.79 Å². The summed E-state index contributed by atoms with van der Waals surface area (Å²) in [6.45, 7) is 0. The van der Waals surface area contributed by atoms with E-state index >= 15 is 0 Å². The maximum atomic E-state index is 12.9. The van der Waals surface area contributed by atoms with Gasteiger partial charge < -0.3 is 9.72 Å². The van der Waals surface area contributed by atoms with Gasteiger partial charge in [-0.3, -0.25) is 4.57 Å². The van der Waals surface area contributed by atoms with Crippen LogP contribution in [0.4, 0.5) is 13.2 Å². The molecular formula is C15H11F3N2O2. The SMILES string of the molecule is COc1cccc(-n2c(=O)[nH]c3ccc(C(F)(F)F)cc32)c1. The summed E-state index contributed by atoms with van der Waals surface area (Å²) in [5, 5.41) is 0. The molecule has 22 heavy (non-hydrogen) atoms. The molecule has 0 atom stereocenters. The number of hydrogen-bond acceptors (Lipinski definition) is 2. The number of imidazole rings is 1. The van der Waals surface area contributed by atoms with Gasteiger partial charge in [-0.05, 0) is 30.3 Å². The number of benzene rings is 2. The van der Waals surface area contributed by atoms with Crippen LogP contribution in [0.2, 0.25) is 0 Å². The summed E-state index contributed by atoms with van der Waals surface area (Å²) in [5.74, 6) is 0.505. The summed E-state index contributed by atoms with van der Waals surface area (Å²) in [6.07, 6.45) is -4.47. The first-order valence-corrected chi connectivity index (χ1v) is 6.36. The molecular weight excluding hydrogens is 297 g/mol. The number of nitrogens with zero attached hydrogens (tertiary/aromatic N) is 1. The number of methoxy groups -OCH3 is 1. The second-order valence-corrected chi connectivity index (χ2v) is 4.70. The number of nitrogens with one attached hydrogen (secondary N) is 1. The van der Waals surface area contributed by atoms with Crippen molar-refractivity contribution in [3.63, 3.8) is 0 Å². The second-order valence-electron chi connectivity index (χ2n) is 4.70. The summed E-state index contributed by atoms with van der Waals surface area (Å²) < 4.78 is 44.8. The summed E-state index contributed by atoms with van der Waals surface area (Å²) in [5.41, 5.74) is -0.401. The molecule has 4 nitrogen and oxygen atoms in total. The van der Waals surface area contributed by atoms with Gasteiger partial charge in [0.2, 0.25) is 0 Å². The zero-order chi connectivity index (χ0) is 15.9. The zero-order valence-electron chi connectivity index (χ0n) is 11.4. The van der Waals surface area contributed by atoms with Crippen molar-refractivity contribution in [2.75, 3.05) is 7.11 Å². The number of rotatable bonds is 2. The van der Waals surface area contributed by atoms with E-state index in [4.69, 9.17) is 4.74 Å². The number of H-pyrrole nitrogens is 1. The topological polar surface area (TPSA) is 47.0 Å². The highest BCUT2D eigenvalue weighted by atomic mass is 19.4. The van der Waals surface area contributed by atoms with Gasteiger partial charge in [0.05, 0.1) is 29.4 Å². The molecule has 0 fully saturated rings. The average molecular weight is 308 g/mol. The van der Waals surface area contributed by atoms with E-state index in [2.05, 4.69) is 4.98 Å². The molecule has 0 radical (unpaired) electrons. The van der Waals surface area contributed by atoms with E-state index in [9.17, 15) is 18.0 Å². The maximum absolute atomic E-state index is 12.9. The van der Waals surface area contributed by atoms with Crippen molar-refractivity contribution in [2.24, 2.45) is 0 Å². The molecule has 0 aliphatic carbocycles. The predicted octanol–water partition coefficient (Wildman–Crippen LogP) is 3.35. The smallest absolute Gasteiger partial charge is 0.416 e. The highest BCUT2D eigenvalue weighted by Gasteiger charge is 2.31. The molecule has 0 saturated heterocycles. The van der Waals surface area contributed by atoms with Gasteiger partial charge in [0.15, 0.2) is 0 Å². The number of aromatic amines is 1. The van der Waals surface area contributed by atoms with E-state index in [-0.39, 0.29) is 5.52 Å². The van der Waals surface area contributed by atoms with Gasteiger partial charge in [0.25, 0.3) is 0 Å². The molecule has 7 heteroatoms. The predicted molar refractivity (Wildman–Crippen MR) is 75.4 cm³/mol. The maximum Gasteiger partial charge on any atom is 0.416 e. The zero-order valence-corrected chi connectivity index (χ0v) is 11.4. The Morgan fingerprint density at radius 3 is 2.59 bits per heavy atom. The van der Waals surface area contributed by atoms with Crippen molar-refractivity contribution in [3.05, 3.63) is 58.5 Å². The highest BCUT2D eigenvalue weighted by Crippen LogP contribution is 2.31. The van der Waals surface area contributed by atoms with Gasteiger partial charge in [-0.2, -0.15) is 13.2 Å². The van der Waals surface area contributed by atoms with E-state index in [1.54, 1.807) is 24.3 Å². The molecule has 114 valence electrons. The van der Waals surface area contributed by atoms with Gasteiger partial charge in [-0.15, -0.1) is 0 Å². The molecule has 0 spiro atoms. The van der Waals surface area contributed by atoms with E-state index in [0.717, 1.165) is 12.1 Å². The van der Waals surface area contributed by atoms with Crippen LogP contribution in [0, 0.1) is 0 Å². The molecule has 2 aromatic carbocycles. The quantitative estimate of drug-likeness (QED) is 0.789. The molecule has 0 unspecified atom stereocenters. The first-order valence-electron chi connectivity index (χ1n) is 6.36. The third-order valence-electron chi connectivity index (χ3n) is 3.32. The van der Waals surface area contributed by atoms with Crippen LogP contribution in [0.5, 0.6) is 5.75 Å². The van der Waals surface area contributed by atoms with E-state index in [1.165, 1.54) is 17.7 Å². The van der Waals surface area contributed by atoms with E-state index in [1.807, 2.05) is 0 Å². The van der Waals surface area contributed by atoms with Crippen LogP contribution < -0.4 is 10.4 Å². The van der Waals surface area contributed by atoms with Crippen LogP contribution in [0.25, 0.3) is 16.7 Å². The summed E-state index contributed by atoms with van der Waals surface area (Å²) in [6, 6.07) is 9.68. The minimum absolute atomic E-state index is 0.160. The Morgan fingerprint density at radius 1 is 1.14 bits per heavy atom. The first kappa shape index (κ1) is 14.2. The van der Waals surface area contributed by atoms with Gasteiger partial charge in [0, 0.05) is 6.07 Å². The number of alkyl halides is 3. The van der Waals surface area contributed by atoms with Crippen molar-refractivity contribution < 1.29 is 17.9 Å². The summed E-state index contributed by atoms with van der Waals surface area (Å²) in [7, 11) is 1.47. The number of fused-ring (bicyclic) bond motifs is 1. The Balaban J connectivity index is 2.28. The minimum Gasteiger partial charge on any atom is -0.497 e. The standard InChI is InChI=1S/C15H11F3N2O2/c1-22-11-4-2-3-10(8-11)20-13-7-9(15(16,17)18)5-6-12(13)19-14(20)21/h2-8H,1H3,(H,19,21). The number of aromatic nitrogens is 2. The normalized spacial score (nSPS) is 11.8. The summed E-state index contributed by atoms with van der Waals surface area (Å²) in [4.78, 5) is 14.6. The van der Waals surface area contributed by atoms with Gasteiger partial charge in [0.1, 0.15) is 5.75 Å². The minimum atomic E-state index is -4.47. The lowest BCUT2D eigenvalue weighted by atomic mass is 10.2. The molecule has 1 N–H and O–H groups in total. The van der Waals surface area contributed by atoms with E-state index < -0.39 is 17.4 Å². The third kappa shape index (κ3) is 2.34. The van der Waals surface area contributed by atoms with Gasteiger partial charge in [-0.1, -0.05) is 6.07 Å². The lowest BCUT2D eigenvalue weighted by molar-refractivity contribution is -0.137. The van der Waals surface area contributed by atoms with Crippen molar-refractivity contribution >= 4 is 11.0 Å². The Hall–Kier alpha value is -2.70. The molecule has 0 saturated carbocycles. The number of ether oxygens (including phenoxy) is 1. The van der Waals surface area contributed by atoms with Crippen molar-refractivity contribution in [1.29, 1.82) is 0 Å². The second kappa shape index (κ2) is 4.94. The monoisotopic (exact) mass is 308 g/mol. The fraction of sp³-hybridized carbons (Fsp3) is 0.133. The van der Waals surface area contributed by atoms with Crippen LogP contribution in [0.1, 0.15) is 5.56 Å². The average Bonchev–Trinajstić information content (AvgIpc) is 2.81. The van der Waals surface area contributed by atoms with Crippen molar-refractivity contribution in [1.82, 2.24) is 9.55 Å². The molecule has 0 aliphatic rings.